The van der Waals surface area contributed by atoms with Crippen LogP contribution in [0.5, 0.6) is 0 Å². The summed E-state index contributed by atoms with van der Waals surface area (Å²) < 4.78 is 26.3. The molecule has 1 aromatic rings. The SMILES string of the molecule is CC(C)CC(C#N)C(=O)c1cc(F)ccc1F. The molecule has 0 aliphatic rings. The summed E-state index contributed by atoms with van der Waals surface area (Å²) >= 11 is 0. The zero-order valence-electron chi connectivity index (χ0n) is 9.71. The Morgan fingerprint density at radius 1 is 1.41 bits per heavy atom. The number of Topliss-reactive ketones (excluding diaryl/α,β-unsaturated/α-hetero) is 1. The second-order valence-electron chi connectivity index (χ2n) is 4.30. The summed E-state index contributed by atoms with van der Waals surface area (Å²) in [6, 6.07) is 4.51. The van der Waals surface area contributed by atoms with Gasteiger partial charge in [0.2, 0.25) is 0 Å². The maximum atomic E-state index is 13.4. The van der Waals surface area contributed by atoms with Crippen molar-refractivity contribution in [2.45, 2.75) is 20.3 Å². The van der Waals surface area contributed by atoms with Crippen LogP contribution in [0.3, 0.4) is 0 Å². The number of carbonyl (C=O) groups is 1. The Balaban J connectivity index is 3.02. The normalized spacial score (nSPS) is 12.2. The van der Waals surface area contributed by atoms with E-state index >= 15 is 0 Å². The second-order valence-corrected chi connectivity index (χ2v) is 4.30. The van der Waals surface area contributed by atoms with E-state index < -0.39 is 23.3 Å². The lowest BCUT2D eigenvalue weighted by molar-refractivity contribution is 0.0932. The summed E-state index contributed by atoms with van der Waals surface area (Å²) in [5, 5.41) is 8.88. The van der Waals surface area contributed by atoms with E-state index in [0.29, 0.717) is 6.42 Å². The molecule has 0 amide bonds. The van der Waals surface area contributed by atoms with Crippen LogP contribution < -0.4 is 0 Å². The van der Waals surface area contributed by atoms with Crippen molar-refractivity contribution in [3.8, 4) is 6.07 Å². The fourth-order valence-electron chi connectivity index (χ4n) is 1.56. The van der Waals surface area contributed by atoms with Gasteiger partial charge in [0.25, 0.3) is 0 Å². The number of nitriles is 1. The Morgan fingerprint density at radius 3 is 2.59 bits per heavy atom. The van der Waals surface area contributed by atoms with Crippen molar-refractivity contribution in [2.75, 3.05) is 0 Å². The smallest absolute Gasteiger partial charge is 0.183 e. The molecule has 1 rings (SSSR count). The number of hydrogen-bond acceptors (Lipinski definition) is 2. The number of halogens is 2. The highest BCUT2D eigenvalue weighted by molar-refractivity contribution is 5.99. The lowest BCUT2D eigenvalue weighted by Gasteiger charge is -2.11. The van der Waals surface area contributed by atoms with E-state index in [9.17, 15) is 13.6 Å². The molecule has 0 fully saturated rings. The van der Waals surface area contributed by atoms with Gasteiger partial charge < -0.3 is 0 Å². The fourth-order valence-corrected chi connectivity index (χ4v) is 1.56. The van der Waals surface area contributed by atoms with Crippen molar-refractivity contribution in [1.29, 1.82) is 5.26 Å². The zero-order valence-corrected chi connectivity index (χ0v) is 9.71. The number of nitrogens with zero attached hydrogens (tertiary/aromatic N) is 1. The third-order valence-corrected chi connectivity index (χ3v) is 2.37. The van der Waals surface area contributed by atoms with E-state index in [-0.39, 0.29) is 11.5 Å². The maximum absolute atomic E-state index is 13.4. The standard InChI is InChI=1S/C13H13F2NO/c1-8(2)5-9(7-16)13(17)11-6-10(14)3-4-12(11)15/h3-4,6,8-9H,5H2,1-2H3. The number of ketones is 1. The van der Waals surface area contributed by atoms with Crippen LogP contribution in [0.1, 0.15) is 30.6 Å². The molecule has 2 nitrogen and oxygen atoms in total. The molecule has 0 aliphatic heterocycles. The molecule has 0 saturated carbocycles. The van der Waals surface area contributed by atoms with Crippen molar-refractivity contribution in [3.05, 3.63) is 35.4 Å². The van der Waals surface area contributed by atoms with Crippen LogP contribution in [0.4, 0.5) is 8.78 Å². The lowest BCUT2D eigenvalue weighted by atomic mass is 9.90. The van der Waals surface area contributed by atoms with Gasteiger partial charge in [-0.05, 0) is 30.5 Å². The summed E-state index contributed by atoms with van der Waals surface area (Å²) in [6.07, 6.45) is 0.339. The van der Waals surface area contributed by atoms with E-state index in [2.05, 4.69) is 0 Å². The van der Waals surface area contributed by atoms with Crippen molar-refractivity contribution < 1.29 is 13.6 Å². The van der Waals surface area contributed by atoms with Crippen molar-refractivity contribution >= 4 is 5.78 Å². The van der Waals surface area contributed by atoms with E-state index in [1.165, 1.54) is 0 Å². The van der Waals surface area contributed by atoms with E-state index in [0.717, 1.165) is 18.2 Å². The van der Waals surface area contributed by atoms with Gasteiger partial charge in [-0.2, -0.15) is 5.26 Å². The van der Waals surface area contributed by atoms with E-state index in [1.807, 2.05) is 19.9 Å². The molecule has 0 aromatic heterocycles. The Hall–Kier alpha value is -1.76. The molecule has 1 unspecified atom stereocenters. The predicted molar refractivity (Wildman–Crippen MR) is 59.2 cm³/mol. The molecule has 0 bridgehead atoms. The first kappa shape index (κ1) is 13.3. The first-order valence-electron chi connectivity index (χ1n) is 5.34. The van der Waals surface area contributed by atoms with Gasteiger partial charge in [-0.1, -0.05) is 13.8 Å². The molecule has 0 radical (unpaired) electrons. The van der Waals surface area contributed by atoms with Crippen LogP contribution in [-0.4, -0.2) is 5.78 Å². The molecule has 1 atom stereocenters. The molecule has 90 valence electrons. The van der Waals surface area contributed by atoms with Crippen LogP contribution in [-0.2, 0) is 0 Å². The van der Waals surface area contributed by atoms with E-state index in [4.69, 9.17) is 5.26 Å². The average molecular weight is 237 g/mol. The minimum Gasteiger partial charge on any atom is -0.293 e. The summed E-state index contributed by atoms with van der Waals surface area (Å²) in [5.41, 5.74) is -0.350. The zero-order chi connectivity index (χ0) is 13.0. The van der Waals surface area contributed by atoms with Gasteiger partial charge in [0.05, 0.1) is 11.6 Å². The van der Waals surface area contributed by atoms with Gasteiger partial charge in [-0.25, -0.2) is 8.78 Å². The summed E-state index contributed by atoms with van der Waals surface area (Å²) in [7, 11) is 0. The first-order chi connectivity index (χ1) is 7.95. The molecule has 0 aliphatic carbocycles. The predicted octanol–water partition coefficient (Wildman–Crippen LogP) is 3.33. The minimum atomic E-state index is -0.925. The van der Waals surface area contributed by atoms with E-state index in [1.54, 1.807) is 0 Å². The third kappa shape index (κ3) is 3.35. The van der Waals surface area contributed by atoms with Gasteiger partial charge in [0.1, 0.15) is 17.6 Å². The number of hydrogen-bond donors (Lipinski definition) is 0. The summed E-state index contributed by atoms with van der Waals surface area (Å²) in [4.78, 5) is 11.9. The highest BCUT2D eigenvalue weighted by atomic mass is 19.1. The summed E-state index contributed by atoms with van der Waals surface area (Å²) in [6.45, 7) is 3.72. The molecule has 0 spiro atoms. The van der Waals surface area contributed by atoms with Crippen molar-refractivity contribution in [3.63, 3.8) is 0 Å². The monoisotopic (exact) mass is 237 g/mol. The highest BCUT2D eigenvalue weighted by Crippen LogP contribution is 2.19. The first-order valence-corrected chi connectivity index (χ1v) is 5.34. The molecule has 0 N–H and O–H groups in total. The van der Waals surface area contributed by atoms with Gasteiger partial charge in [0.15, 0.2) is 5.78 Å². The molecular weight excluding hydrogens is 224 g/mol. The Labute approximate surface area is 98.9 Å². The second kappa shape index (κ2) is 5.53. The number of rotatable bonds is 4. The quantitative estimate of drug-likeness (QED) is 0.753. The van der Waals surface area contributed by atoms with Crippen molar-refractivity contribution in [2.24, 2.45) is 11.8 Å². The molecule has 4 heteroatoms. The van der Waals surface area contributed by atoms with Crippen LogP contribution in [0, 0.1) is 34.8 Å². The molecule has 1 aromatic carbocycles. The Kier molecular flexibility index (Phi) is 4.33. The molecular formula is C13H13F2NO. The fraction of sp³-hybridized carbons (Fsp3) is 0.385. The van der Waals surface area contributed by atoms with Crippen LogP contribution >= 0.6 is 0 Å². The lowest BCUT2D eigenvalue weighted by Crippen LogP contribution is -2.17. The summed E-state index contributed by atoms with van der Waals surface area (Å²) in [5.74, 6) is -2.92. The van der Waals surface area contributed by atoms with Crippen molar-refractivity contribution in [1.82, 2.24) is 0 Å². The largest absolute Gasteiger partial charge is 0.293 e. The Morgan fingerprint density at radius 2 is 2.06 bits per heavy atom. The van der Waals surface area contributed by atoms with Crippen LogP contribution in [0.15, 0.2) is 18.2 Å². The maximum Gasteiger partial charge on any atom is 0.183 e. The topological polar surface area (TPSA) is 40.9 Å². The van der Waals surface area contributed by atoms with Crippen LogP contribution in [0.25, 0.3) is 0 Å². The van der Waals surface area contributed by atoms with Gasteiger partial charge in [-0.3, -0.25) is 4.79 Å². The highest BCUT2D eigenvalue weighted by Gasteiger charge is 2.23. The number of carbonyl (C=O) groups excluding carboxylic acids is 1. The minimum absolute atomic E-state index is 0.139. The van der Waals surface area contributed by atoms with Gasteiger partial charge in [-0.15, -0.1) is 0 Å². The van der Waals surface area contributed by atoms with Gasteiger partial charge in [0, 0.05) is 0 Å². The van der Waals surface area contributed by atoms with Crippen LogP contribution in [0.2, 0.25) is 0 Å². The average Bonchev–Trinajstić information content (AvgIpc) is 2.28. The molecule has 0 saturated heterocycles. The third-order valence-electron chi connectivity index (χ3n) is 2.37. The number of benzene rings is 1. The molecule has 0 heterocycles. The molecule has 17 heavy (non-hydrogen) atoms. The Bertz CT molecular complexity index is 463. The van der Waals surface area contributed by atoms with Gasteiger partial charge >= 0.3 is 0 Å².